The number of hydrogen-bond donors (Lipinski definition) is 0. The van der Waals surface area contributed by atoms with Gasteiger partial charge in [0.05, 0.1) is 0 Å². The van der Waals surface area contributed by atoms with Gasteiger partial charge in [-0.25, -0.2) is 0 Å². The second kappa shape index (κ2) is 6.44. The smallest absolute Gasteiger partial charge is 0.0104 e. The van der Waals surface area contributed by atoms with E-state index in [-0.39, 0.29) is 0 Å². The molecular weight excluding hydrogens is 392 g/mol. The molecule has 10 heavy (non-hydrogen) atoms. The molecular formula is C6H10Br4. The molecule has 0 rings (SSSR count). The third-order valence-electron chi connectivity index (χ3n) is 1.48. The summed E-state index contributed by atoms with van der Waals surface area (Å²) < 4.78 is 0. The average Bonchev–Trinajstić information content (AvgIpc) is 2.01. The van der Waals surface area contributed by atoms with Gasteiger partial charge in [0.15, 0.2) is 0 Å². The summed E-state index contributed by atoms with van der Waals surface area (Å²) in [5, 5.41) is 4.20. The number of hydrogen-bond acceptors (Lipinski definition) is 0. The second-order valence-corrected chi connectivity index (χ2v) is 4.82. The molecule has 0 fully saturated rings. The van der Waals surface area contributed by atoms with Crippen molar-refractivity contribution in [1.29, 1.82) is 0 Å². The summed E-state index contributed by atoms with van der Waals surface area (Å²) in [6.07, 6.45) is 1.19. The Balaban J connectivity index is 3.87. The fourth-order valence-electron chi connectivity index (χ4n) is 0.508. The molecule has 62 valence electrons. The first kappa shape index (κ1) is 11.9. The van der Waals surface area contributed by atoms with E-state index in [0.717, 1.165) is 21.3 Å². The third-order valence-corrected chi connectivity index (χ3v) is 5.44. The molecule has 4 heteroatoms. The third kappa shape index (κ3) is 3.55. The lowest BCUT2D eigenvalue weighted by Gasteiger charge is -2.26. The van der Waals surface area contributed by atoms with Crippen molar-refractivity contribution in [2.24, 2.45) is 5.41 Å². The van der Waals surface area contributed by atoms with E-state index in [0.29, 0.717) is 5.41 Å². The van der Waals surface area contributed by atoms with E-state index in [1.54, 1.807) is 0 Å². The van der Waals surface area contributed by atoms with Crippen LogP contribution >= 0.6 is 63.7 Å². The van der Waals surface area contributed by atoms with Gasteiger partial charge in [0.1, 0.15) is 0 Å². The predicted octanol–water partition coefficient (Wildman–Crippen LogP) is 3.94. The van der Waals surface area contributed by atoms with Crippen molar-refractivity contribution in [1.82, 2.24) is 0 Å². The molecule has 0 aromatic heterocycles. The molecule has 0 atom stereocenters. The van der Waals surface area contributed by atoms with Crippen molar-refractivity contribution in [3.63, 3.8) is 0 Å². The van der Waals surface area contributed by atoms with Gasteiger partial charge in [-0.05, 0) is 6.42 Å². The Labute approximate surface area is 96.0 Å². The van der Waals surface area contributed by atoms with Crippen LogP contribution in [0, 0.1) is 5.41 Å². The topological polar surface area (TPSA) is 0 Å². The van der Waals surface area contributed by atoms with Crippen molar-refractivity contribution >= 4 is 63.7 Å². The summed E-state index contributed by atoms with van der Waals surface area (Å²) in [5.41, 5.74) is 0.378. The van der Waals surface area contributed by atoms with Gasteiger partial charge in [0.25, 0.3) is 0 Å². The number of rotatable bonds is 5. The number of halogens is 4. The van der Waals surface area contributed by atoms with Crippen LogP contribution in [-0.4, -0.2) is 21.3 Å². The Morgan fingerprint density at radius 1 is 0.800 bits per heavy atom. The first-order valence-electron chi connectivity index (χ1n) is 2.98. The first-order valence-corrected chi connectivity index (χ1v) is 7.47. The maximum Gasteiger partial charge on any atom is 0.0104 e. The van der Waals surface area contributed by atoms with Gasteiger partial charge in [0, 0.05) is 26.7 Å². The molecule has 0 heterocycles. The normalized spacial score (nSPS) is 12.0. The molecule has 0 radical (unpaired) electrons. The summed E-state index contributed by atoms with van der Waals surface area (Å²) in [5.74, 6) is 0. The molecule has 0 saturated heterocycles. The Bertz CT molecular complexity index is 71.6. The highest BCUT2D eigenvalue weighted by atomic mass is 79.9. The van der Waals surface area contributed by atoms with Gasteiger partial charge < -0.3 is 0 Å². The van der Waals surface area contributed by atoms with Crippen molar-refractivity contribution in [2.75, 3.05) is 21.3 Å². The zero-order chi connectivity index (χ0) is 8.04. The Morgan fingerprint density at radius 2 is 1.20 bits per heavy atom. The van der Waals surface area contributed by atoms with Crippen LogP contribution in [0.15, 0.2) is 0 Å². The van der Waals surface area contributed by atoms with Crippen LogP contribution in [0.4, 0.5) is 0 Å². The van der Waals surface area contributed by atoms with Gasteiger partial charge in [-0.3, -0.25) is 0 Å². The zero-order valence-electron chi connectivity index (χ0n) is 5.55. The summed E-state index contributed by atoms with van der Waals surface area (Å²) >= 11 is 14.0. The van der Waals surface area contributed by atoms with Gasteiger partial charge in [-0.1, -0.05) is 63.7 Å². The number of alkyl halides is 4. The zero-order valence-corrected chi connectivity index (χ0v) is 11.9. The minimum absolute atomic E-state index is 0.378. The van der Waals surface area contributed by atoms with Crippen molar-refractivity contribution in [3.8, 4) is 0 Å². The van der Waals surface area contributed by atoms with Crippen LogP contribution in [0.5, 0.6) is 0 Å². The molecule has 0 aliphatic rings. The minimum atomic E-state index is 0.378. The van der Waals surface area contributed by atoms with E-state index >= 15 is 0 Å². The largest absolute Gasteiger partial charge is 0.0928 e. The van der Waals surface area contributed by atoms with Crippen LogP contribution in [0.25, 0.3) is 0 Å². The molecule has 0 unspecified atom stereocenters. The quantitative estimate of drug-likeness (QED) is 0.612. The Kier molecular flexibility index (Phi) is 7.67. The monoisotopic (exact) mass is 398 g/mol. The first-order chi connectivity index (χ1) is 4.74. The Hall–Kier alpha value is 1.92. The van der Waals surface area contributed by atoms with E-state index in [1.165, 1.54) is 6.42 Å². The minimum Gasteiger partial charge on any atom is -0.0928 e. The maximum absolute atomic E-state index is 3.51. The van der Waals surface area contributed by atoms with Gasteiger partial charge in [-0.2, -0.15) is 0 Å². The van der Waals surface area contributed by atoms with Crippen LogP contribution in [0.1, 0.15) is 6.42 Å². The lowest BCUT2D eigenvalue weighted by Crippen LogP contribution is -2.27. The standard InChI is InChI=1S/C6H10Br4/c7-2-1-6(3-8,4-9)5-10/h1-5H2. The lowest BCUT2D eigenvalue weighted by atomic mass is 9.93. The summed E-state index contributed by atoms with van der Waals surface area (Å²) in [6, 6.07) is 0. The highest BCUT2D eigenvalue weighted by Gasteiger charge is 2.25. The van der Waals surface area contributed by atoms with E-state index in [4.69, 9.17) is 0 Å². The highest BCUT2D eigenvalue weighted by Crippen LogP contribution is 2.30. The molecule has 0 aliphatic carbocycles. The van der Waals surface area contributed by atoms with Crippen LogP contribution < -0.4 is 0 Å². The van der Waals surface area contributed by atoms with Crippen molar-refractivity contribution < 1.29 is 0 Å². The summed E-state index contributed by atoms with van der Waals surface area (Å²) in [7, 11) is 0. The Morgan fingerprint density at radius 3 is 1.30 bits per heavy atom. The molecule has 0 N–H and O–H groups in total. The summed E-state index contributed by atoms with van der Waals surface area (Å²) in [4.78, 5) is 0. The maximum atomic E-state index is 3.51. The lowest BCUT2D eigenvalue weighted by molar-refractivity contribution is 0.443. The summed E-state index contributed by atoms with van der Waals surface area (Å²) in [6.45, 7) is 0. The predicted molar refractivity (Wildman–Crippen MR) is 62.2 cm³/mol. The average molecular weight is 402 g/mol. The fraction of sp³-hybridized carbons (Fsp3) is 1.00. The van der Waals surface area contributed by atoms with E-state index in [2.05, 4.69) is 63.7 Å². The van der Waals surface area contributed by atoms with E-state index in [9.17, 15) is 0 Å². The molecule has 0 bridgehead atoms. The van der Waals surface area contributed by atoms with Crippen molar-refractivity contribution in [3.05, 3.63) is 0 Å². The fourth-order valence-corrected chi connectivity index (χ4v) is 4.98. The second-order valence-electron chi connectivity index (χ2n) is 2.34. The molecule has 0 amide bonds. The van der Waals surface area contributed by atoms with Gasteiger partial charge in [0.2, 0.25) is 0 Å². The van der Waals surface area contributed by atoms with E-state index < -0.39 is 0 Å². The van der Waals surface area contributed by atoms with Crippen LogP contribution in [-0.2, 0) is 0 Å². The van der Waals surface area contributed by atoms with E-state index in [1.807, 2.05) is 0 Å². The van der Waals surface area contributed by atoms with Gasteiger partial charge >= 0.3 is 0 Å². The molecule has 0 nitrogen and oxygen atoms in total. The SMILES string of the molecule is BrCCC(CBr)(CBr)CBr. The highest BCUT2D eigenvalue weighted by molar-refractivity contribution is 9.10. The van der Waals surface area contributed by atoms with Crippen molar-refractivity contribution in [2.45, 2.75) is 6.42 Å². The molecule has 0 saturated carbocycles. The van der Waals surface area contributed by atoms with Gasteiger partial charge in [-0.15, -0.1) is 0 Å². The van der Waals surface area contributed by atoms with Crippen LogP contribution in [0.2, 0.25) is 0 Å². The molecule has 0 aliphatic heterocycles. The van der Waals surface area contributed by atoms with Crippen LogP contribution in [0.3, 0.4) is 0 Å². The molecule has 0 aromatic carbocycles. The molecule has 0 aromatic rings. The molecule has 0 spiro atoms.